The van der Waals surface area contributed by atoms with Crippen molar-refractivity contribution in [2.75, 3.05) is 13.2 Å². The summed E-state index contributed by atoms with van der Waals surface area (Å²) in [6.45, 7) is 6.44. The Hall–Kier alpha value is -3.41. The van der Waals surface area contributed by atoms with Gasteiger partial charge in [0.25, 0.3) is 0 Å². The molecule has 0 aliphatic carbocycles. The standard InChI is InChI=1S/C57H96O6/c1-4-7-10-13-16-19-22-25-27-28-30-33-36-39-42-45-48-51-57(60)63-54(52-61-55(58)49-46-43-40-37-34-31-24-21-18-15-12-9-6-3)53-62-56(59)50-47-44-41-38-35-32-29-26-23-20-17-14-11-8-5-2/h8,11,16-17,19-21,24-27,29-30,33,54H,4-7,9-10,12-15,18,22-23,28,31-32,34-53H2,1-3H3/b11-8-,19-16-,20-17-,24-21-,27-25-,29-26-,33-30-/t54-/m0/s1. The topological polar surface area (TPSA) is 78.9 Å². The Kier molecular flexibility index (Phi) is 48.5. The number of rotatable bonds is 46. The number of unbranched alkanes of at least 4 members (excludes halogenated alkanes) is 21. The zero-order valence-corrected chi connectivity index (χ0v) is 41.1. The van der Waals surface area contributed by atoms with E-state index in [1.807, 2.05) is 0 Å². The summed E-state index contributed by atoms with van der Waals surface area (Å²) in [7, 11) is 0. The van der Waals surface area contributed by atoms with Gasteiger partial charge in [0.1, 0.15) is 13.2 Å². The molecule has 0 fully saturated rings. The predicted octanol–water partition coefficient (Wildman–Crippen LogP) is 17.2. The Labute approximate surface area is 388 Å². The molecule has 0 radical (unpaired) electrons. The molecule has 63 heavy (non-hydrogen) atoms. The highest BCUT2D eigenvalue weighted by Crippen LogP contribution is 2.13. The largest absolute Gasteiger partial charge is 0.462 e. The number of hydrogen-bond donors (Lipinski definition) is 0. The predicted molar refractivity (Wildman–Crippen MR) is 270 cm³/mol. The summed E-state index contributed by atoms with van der Waals surface area (Å²) in [4.78, 5) is 38.0. The van der Waals surface area contributed by atoms with Crippen LogP contribution in [-0.4, -0.2) is 37.2 Å². The first kappa shape index (κ1) is 59.6. The van der Waals surface area contributed by atoms with E-state index in [0.29, 0.717) is 19.3 Å². The molecule has 0 aliphatic heterocycles. The molecule has 0 spiro atoms. The van der Waals surface area contributed by atoms with Gasteiger partial charge in [-0.05, 0) is 116 Å². The average Bonchev–Trinajstić information content (AvgIpc) is 3.28. The molecule has 0 aromatic rings. The summed E-state index contributed by atoms with van der Waals surface area (Å²) >= 11 is 0. The van der Waals surface area contributed by atoms with E-state index in [2.05, 4.69) is 106 Å². The van der Waals surface area contributed by atoms with Gasteiger partial charge in [-0.1, -0.05) is 189 Å². The van der Waals surface area contributed by atoms with Gasteiger partial charge in [-0.3, -0.25) is 14.4 Å². The second-order valence-corrected chi connectivity index (χ2v) is 17.0. The lowest BCUT2D eigenvalue weighted by molar-refractivity contribution is -0.167. The smallest absolute Gasteiger partial charge is 0.306 e. The monoisotopic (exact) mass is 877 g/mol. The highest BCUT2D eigenvalue weighted by atomic mass is 16.6. The van der Waals surface area contributed by atoms with Crippen LogP contribution in [0.1, 0.15) is 239 Å². The lowest BCUT2D eigenvalue weighted by atomic mass is 10.1. The zero-order valence-electron chi connectivity index (χ0n) is 41.1. The van der Waals surface area contributed by atoms with Gasteiger partial charge in [-0.2, -0.15) is 0 Å². The Morgan fingerprint density at radius 1 is 0.333 bits per heavy atom. The van der Waals surface area contributed by atoms with Crippen LogP contribution in [0.5, 0.6) is 0 Å². The molecule has 0 N–H and O–H groups in total. The lowest BCUT2D eigenvalue weighted by Gasteiger charge is -2.18. The highest BCUT2D eigenvalue weighted by Gasteiger charge is 2.19. The van der Waals surface area contributed by atoms with Gasteiger partial charge in [0, 0.05) is 19.3 Å². The third-order valence-electron chi connectivity index (χ3n) is 10.9. The van der Waals surface area contributed by atoms with E-state index >= 15 is 0 Å². The van der Waals surface area contributed by atoms with E-state index in [4.69, 9.17) is 14.2 Å². The molecule has 0 unspecified atom stereocenters. The van der Waals surface area contributed by atoms with Crippen molar-refractivity contribution in [2.45, 2.75) is 245 Å². The molecule has 0 saturated heterocycles. The minimum Gasteiger partial charge on any atom is -0.462 e. The molecule has 0 amide bonds. The Morgan fingerprint density at radius 3 is 1.02 bits per heavy atom. The molecule has 1 atom stereocenters. The Balaban J connectivity index is 4.48. The summed E-state index contributed by atoms with van der Waals surface area (Å²) in [5, 5.41) is 0. The maximum atomic E-state index is 12.8. The van der Waals surface area contributed by atoms with E-state index in [1.54, 1.807) is 0 Å². The number of esters is 3. The van der Waals surface area contributed by atoms with Gasteiger partial charge >= 0.3 is 17.9 Å². The first-order valence-corrected chi connectivity index (χ1v) is 26.1. The summed E-state index contributed by atoms with van der Waals surface area (Å²) in [5.41, 5.74) is 0. The maximum absolute atomic E-state index is 12.8. The minimum atomic E-state index is -0.799. The normalized spacial score (nSPS) is 12.7. The number of carbonyl (C=O) groups excluding carboxylic acids is 3. The van der Waals surface area contributed by atoms with Crippen LogP contribution < -0.4 is 0 Å². The summed E-state index contributed by atoms with van der Waals surface area (Å²) in [6.07, 6.45) is 65.6. The van der Waals surface area contributed by atoms with Crippen molar-refractivity contribution in [3.05, 3.63) is 85.1 Å². The van der Waals surface area contributed by atoms with Crippen LogP contribution in [-0.2, 0) is 28.6 Å². The Morgan fingerprint density at radius 2 is 0.619 bits per heavy atom. The lowest BCUT2D eigenvalue weighted by Crippen LogP contribution is -2.30. The van der Waals surface area contributed by atoms with E-state index in [9.17, 15) is 14.4 Å². The Bertz CT molecular complexity index is 1240. The van der Waals surface area contributed by atoms with Crippen LogP contribution in [0.3, 0.4) is 0 Å². The fourth-order valence-corrected chi connectivity index (χ4v) is 6.93. The summed E-state index contributed by atoms with van der Waals surface area (Å²) < 4.78 is 16.8. The van der Waals surface area contributed by atoms with Gasteiger partial charge in [0.05, 0.1) is 0 Å². The first-order chi connectivity index (χ1) is 31.0. The average molecular weight is 877 g/mol. The molecule has 0 aromatic heterocycles. The van der Waals surface area contributed by atoms with E-state index < -0.39 is 6.10 Å². The molecule has 6 heteroatoms. The van der Waals surface area contributed by atoms with Crippen LogP contribution in [0, 0.1) is 0 Å². The molecule has 0 bridgehead atoms. The van der Waals surface area contributed by atoms with Crippen molar-refractivity contribution in [1.29, 1.82) is 0 Å². The molecular formula is C57H96O6. The quantitative estimate of drug-likeness (QED) is 0.0262. The molecule has 0 rings (SSSR count). The molecular weight excluding hydrogens is 781 g/mol. The van der Waals surface area contributed by atoms with E-state index in [1.165, 1.54) is 70.6 Å². The van der Waals surface area contributed by atoms with Crippen LogP contribution >= 0.6 is 0 Å². The van der Waals surface area contributed by atoms with Gasteiger partial charge in [-0.15, -0.1) is 0 Å². The molecule has 6 nitrogen and oxygen atoms in total. The van der Waals surface area contributed by atoms with Crippen molar-refractivity contribution in [1.82, 2.24) is 0 Å². The van der Waals surface area contributed by atoms with Gasteiger partial charge in [0.2, 0.25) is 0 Å². The van der Waals surface area contributed by atoms with Gasteiger partial charge in [0.15, 0.2) is 6.10 Å². The van der Waals surface area contributed by atoms with E-state index in [-0.39, 0.29) is 31.1 Å². The van der Waals surface area contributed by atoms with Crippen molar-refractivity contribution in [2.24, 2.45) is 0 Å². The van der Waals surface area contributed by atoms with Gasteiger partial charge in [-0.25, -0.2) is 0 Å². The number of allylic oxidation sites excluding steroid dienone is 14. The molecule has 0 aliphatic rings. The van der Waals surface area contributed by atoms with Crippen molar-refractivity contribution < 1.29 is 28.6 Å². The minimum absolute atomic E-state index is 0.0963. The van der Waals surface area contributed by atoms with Gasteiger partial charge < -0.3 is 14.2 Å². The number of hydrogen-bond acceptors (Lipinski definition) is 6. The number of ether oxygens (including phenoxy) is 3. The molecule has 360 valence electrons. The summed E-state index contributed by atoms with van der Waals surface area (Å²) in [6, 6.07) is 0. The van der Waals surface area contributed by atoms with Crippen molar-refractivity contribution in [3.63, 3.8) is 0 Å². The summed E-state index contributed by atoms with van der Waals surface area (Å²) in [5.74, 6) is -0.944. The van der Waals surface area contributed by atoms with Crippen molar-refractivity contribution in [3.8, 4) is 0 Å². The fourth-order valence-electron chi connectivity index (χ4n) is 6.93. The maximum Gasteiger partial charge on any atom is 0.306 e. The van der Waals surface area contributed by atoms with Crippen LogP contribution in [0.2, 0.25) is 0 Å². The second-order valence-electron chi connectivity index (χ2n) is 17.0. The van der Waals surface area contributed by atoms with Crippen LogP contribution in [0.15, 0.2) is 85.1 Å². The van der Waals surface area contributed by atoms with E-state index in [0.717, 1.165) is 128 Å². The number of carbonyl (C=O) groups is 3. The molecule has 0 heterocycles. The highest BCUT2D eigenvalue weighted by molar-refractivity contribution is 5.71. The first-order valence-electron chi connectivity index (χ1n) is 26.1. The van der Waals surface area contributed by atoms with Crippen LogP contribution in [0.25, 0.3) is 0 Å². The van der Waals surface area contributed by atoms with Crippen LogP contribution in [0.4, 0.5) is 0 Å². The fraction of sp³-hybridized carbons (Fsp3) is 0.702. The zero-order chi connectivity index (χ0) is 45.8. The third-order valence-corrected chi connectivity index (χ3v) is 10.9. The van der Waals surface area contributed by atoms with Crippen molar-refractivity contribution >= 4 is 17.9 Å². The molecule has 0 aromatic carbocycles. The third kappa shape index (κ3) is 49.5. The molecule has 0 saturated carbocycles. The second kappa shape index (κ2) is 51.2. The SMILES string of the molecule is CC/C=C\C/C=C\C/C=C\CCCCCCCC(=O)OC[C@H](COC(=O)CCCCCCC/C=C\CCCCCC)OC(=O)CCCCCC/C=C\C/C=C\C/C=C\CCCCC.